The Bertz CT molecular complexity index is 800. The van der Waals surface area contributed by atoms with Crippen LogP contribution in [-0.4, -0.2) is 18.7 Å². The van der Waals surface area contributed by atoms with Gasteiger partial charge in [-0.2, -0.15) is 8.75 Å². The van der Waals surface area contributed by atoms with Crippen LogP contribution >= 0.6 is 23.3 Å². The molecule has 0 aliphatic rings. The topological polar surface area (TPSA) is 89.6 Å². The van der Waals surface area contributed by atoms with Crippen LogP contribution in [0, 0.1) is 0 Å². The molecular weight excluding hydrogens is 308 g/mol. The molecule has 1 aromatic carbocycles. The molecule has 0 fully saturated rings. The third-order valence-electron chi connectivity index (χ3n) is 2.91. The number of anilines is 3. The van der Waals surface area contributed by atoms with Crippen LogP contribution in [0.5, 0.6) is 0 Å². The molecule has 3 N–H and O–H groups in total. The van der Waals surface area contributed by atoms with Crippen LogP contribution in [0.25, 0.3) is 11.0 Å². The summed E-state index contributed by atoms with van der Waals surface area (Å²) in [7, 11) is 0. The lowest BCUT2D eigenvalue weighted by molar-refractivity contribution is 0.779. The van der Waals surface area contributed by atoms with Crippen molar-refractivity contribution in [3.8, 4) is 0 Å². The SMILES string of the molecule is CC(C)c1nc(N)cc(Nc2c(Cl)ccc3nsnc23)n1. The summed E-state index contributed by atoms with van der Waals surface area (Å²) in [6.07, 6.45) is 0. The smallest absolute Gasteiger partial charge is 0.136 e. The van der Waals surface area contributed by atoms with Crippen LogP contribution < -0.4 is 11.1 Å². The van der Waals surface area contributed by atoms with Gasteiger partial charge < -0.3 is 11.1 Å². The lowest BCUT2D eigenvalue weighted by Gasteiger charge is -2.11. The third kappa shape index (κ3) is 2.74. The first-order chi connectivity index (χ1) is 10.0. The first-order valence-electron chi connectivity index (χ1n) is 6.37. The first-order valence-corrected chi connectivity index (χ1v) is 7.47. The molecule has 0 aliphatic carbocycles. The van der Waals surface area contributed by atoms with Crippen LogP contribution in [0.15, 0.2) is 18.2 Å². The second kappa shape index (κ2) is 5.42. The highest BCUT2D eigenvalue weighted by Crippen LogP contribution is 2.32. The van der Waals surface area contributed by atoms with E-state index in [1.54, 1.807) is 12.1 Å². The lowest BCUT2D eigenvalue weighted by atomic mass is 10.2. The van der Waals surface area contributed by atoms with Crippen LogP contribution in [0.2, 0.25) is 5.02 Å². The quantitative estimate of drug-likeness (QED) is 0.766. The Balaban J connectivity index is 2.06. The Labute approximate surface area is 130 Å². The number of fused-ring (bicyclic) bond motifs is 1. The van der Waals surface area contributed by atoms with Crippen molar-refractivity contribution in [2.75, 3.05) is 11.1 Å². The second-order valence-electron chi connectivity index (χ2n) is 4.87. The highest BCUT2D eigenvalue weighted by Gasteiger charge is 2.12. The zero-order chi connectivity index (χ0) is 15.0. The molecule has 6 nitrogen and oxygen atoms in total. The summed E-state index contributed by atoms with van der Waals surface area (Å²) >= 11 is 7.39. The zero-order valence-electron chi connectivity index (χ0n) is 11.5. The third-order valence-corrected chi connectivity index (χ3v) is 3.77. The molecule has 21 heavy (non-hydrogen) atoms. The molecule has 0 atom stereocenters. The minimum atomic E-state index is 0.182. The van der Waals surface area contributed by atoms with Crippen LogP contribution in [0.1, 0.15) is 25.6 Å². The minimum absolute atomic E-state index is 0.182. The Morgan fingerprint density at radius 2 is 2.05 bits per heavy atom. The van der Waals surface area contributed by atoms with Crippen molar-refractivity contribution in [3.63, 3.8) is 0 Å². The Morgan fingerprint density at radius 3 is 2.81 bits per heavy atom. The number of nitrogens with one attached hydrogen (secondary N) is 1. The number of hydrogen-bond acceptors (Lipinski definition) is 7. The maximum absolute atomic E-state index is 6.25. The molecule has 2 heterocycles. The fourth-order valence-electron chi connectivity index (χ4n) is 1.88. The summed E-state index contributed by atoms with van der Waals surface area (Å²) in [6.45, 7) is 4.02. The van der Waals surface area contributed by atoms with E-state index >= 15 is 0 Å². The summed E-state index contributed by atoms with van der Waals surface area (Å²) in [5, 5.41) is 3.73. The van der Waals surface area contributed by atoms with Gasteiger partial charge in [-0.1, -0.05) is 25.4 Å². The molecule has 2 aromatic heterocycles. The van der Waals surface area contributed by atoms with E-state index < -0.39 is 0 Å². The van der Waals surface area contributed by atoms with Gasteiger partial charge in [0.2, 0.25) is 0 Å². The number of nitrogen functional groups attached to an aromatic ring is 1. The summed E-state index contributed by atoms with van der Waals surface area (Å²) in [5.41, 5.74) is 8.02. The minimum Gasteiger partial charge on any atom is -0.384 e. The molecule has 0 aliphatic heterocycles. The summed E-state index contributed by atoms with van der Waals surface area (Å²) < 4.78 is 8.46. The predicted octanol–water partition coefficient (Wildman–Crippen LogP) is 3.58. The maximum Gasteiger partial charge on any atom is 0.136 e. The number of rotatable bonds is 3. The zero-order valence-corrected chi connectivity index (χ0v) is 13.0. The number of halogens is 1. The molecule has 3 aromatic rings. The van der Waals surface area contributed by atoms with Gasteiger partial charge in [0.25, 0.3) is 0 Å². The van der Waals surface area contributed by atoms with E-state index in [4.69, 9.17) is 17.3 Å². The van der Waals surface area contributed by atoms with Crippen molar-refractivity contribution in [2.24, 2.45) is 0 Å². The van der Waals surface area contributed by atoms with Gasteiger partial charge in [0, 0.05) is 12.0 Å². The molecule has 0 amide bonds. The van der Waals surface area contributed by atoms with Crippen molar-refractivity contribution < 1.29 is 0 Å². The van der Waals surface area contributed by atoms with Gasteiger partial charge in [0.1, 0.15) is 28.5 Å². The largest absolute Gasteiger partial charge is 0.384 e. The maximum atomic E-state index is 6.25. The van der Waals surface area contributed by atoms with Crippen molar-refractivity contribution in [2.45, 2.75) is 19.8 Å². The van der Waals surface area contributed by atoms with E-state index in [2.05, 4.69) is 24.0 Å². The Morgan fingerprint density at radius 1 is 1.24 bits per heavy atom. The summed E-state index contributed by atoms with van der Waals surface area (Å²) in [4.78, 5) is 8.67. The summed E-state index contributed by atoms with van der Waals surface area (Å²) in [6, 6.07) is 5.28. The first kappa shape index (κ1) is 14.0. The van der Waals surface area contributed by atoms with Crippen LogP contribution in [0.3, 0.4) is 0 Å². The van der Waals surface area contributed by atoms with Crippen LogP contribution in [-0.2, 0) is 0 Å². The van der Waals surface area contributed by atoms with Gasteiger partial charge in [-0.05, 0) is 12.1 Å². The average molecular weight is 321 g/mol. The van der Waals surface area contributed by atoms with E-state index in [1.165, 1.54) is 0 Å². The molecule has 0 saturated carbocycles. The van der Waals surface area contributed by atoms with Gasteiger partial charge in [-0.15, -0.1) is 0 Å². The molecule has 0 saturated heterocycles. The lowest BCUT2D eigenvalue weighted by Crippen LogP contribution is -2.05. The number of aromatic nitrogens is 4. The van der Waals surface area contributed by atoms with Gasteiger partial charge in [0.15, 0.2) is 0 Å². The number of nitrogens with two attached hydrogens (primary N) is 1. The molecule has 0 bridgehead atoms. The molecule has 108 valence electrons. The molecule has 0 spiro atoms. The predicted molar refractivity (Wildman–Crippen MR) is 86.2 cm³/mol. The van der Waals surface area contributed by atoms with Gasteiger partial charge >= 0.3 is 0 Å². The average Bonchev–Trinajstić information content (AvgIpc) is 2.90. The normalized spacial score (nSPS) is 11.2. The Kier molecular flexibility index (Phi) is 3.60. The number of nitrogens with zero attached hydrogens (tertiary/aromatic N) is 4. The second-order valence-corrected chi connectivity index (χ2v) is 5.81. The molecule has 0 radical (unpaired) electrons. The molecular formula is C13H13ClN6S. The Hall–Kier alpha value is -1.99. The van der Waals surface area contributed by atoms with E-state index in [1.807, 2.05) is 19.9 Å². The fourth-order valence-corrected chi connectivity index (χ4v) is 2.62. The van der Waals surface area contributed by atoms with E-state index in [0.717, 1.165) is 22.8 Å². The monoisotopic (exact) mass is 320 g/mol. The molecule has 0 unspecified atom stereocenters. The van der Waals surface area contributed by atoms with E-state index in [0.29, 0.717) is 28.2 Å². The van der Waals surface area contributed by atoms with E-state index in [-0.39, 0.29) is 5.92 Å². The van der Waals surface area contributed by atoms with Crippen LogP contribution in [0.4, 0.5) is 17.3 Å². The molecule has 8 heteroatoms. The van der Waals surface area contributed by atoms with Crippen molar-refractivity contribution in [1.29, 1.82) is 0 Å². The van der Waals surface area contributed by atoms with E-state index in [9.17, 15) is 0 Å². The van der Waals surface area contributed by atoms with Gasteiger partial charge in [-0.3, -0.25) is 0 Å². The highest BCUT2D eigenvalue weighted by atomic mass is 35.5. The van der Waals surface area contributed by atoms with Crippen molar-refractivity contribution >= 4 is 51.7 Å². The van der Waals surface area contributed by atoms with Crippen molar-refractivity contribution in [1.82, 2.24) is 18.7 Å². The van der Waals surface area contributed by atoms with Crippen molar-refractivity contribution in [3.05, 3.63) is 29.0 Å². The highest BCUT2D eigenvalue weighted by molar-refractivity contribution is 7.00. The summed E-state index contributed by atoms with van der Waals surface area (Å²) in [5.74, 6) is 1.86. The number of hydrogen-bond donors (Lipinski definition) is 2. The number of benzene rings is 1. The van der Waals surface area contributed by atoms with Gasteiger partial charge in [0.05, 0.1) is 22.4 Å². The molecule has 3 rings (SSSR count). The fraction of sp³-hybridized carbons (Fsp3) is 0.231. The standard InChI is InChI=1S/C13H13ClN6S/c1-6(2)13-16-9(15)5-10(18-13)17-11-7(14)3-4-8-12(11)20-21-19-8/h3-6H,1-2H3,(H3,15,16,17,18). The van der Waals surface area contributed by atoms with Gasteiger partial charge in [-0.25, -0.2) is 9.97 Å².